The third-order valence-electron chi connectivity index (χ3n) is 5.69. The quantitative estimate of drug-likeness (QED) is 0.490. The van der Waals surface area contributed by atoms with Gasteiger partial charge in [-0.05, 0) is 49.2 Å². The van der Waals surface area contributed by atoms with Crippen LogP contribution in [0, 0.1) is 0 Å². The fourth-order valence-electron chi connectivity index (χ4n) is 3.70. The highest BCUT2D eigenvalue weighted by atomic mass is 16.6. The summed E-state index contributed by atoms with van der Waals surface area (Å²) in [6.07, 6.45) is 0.0800. The average molecular weight is 500 g/mol. The molecular weight excluding hydrogens is 470 g/mol. The fourth-order valence-corrected chi connectivity index (χ4v) is 3.70. The Hall–Kier alpha value is -4.12. The van der Waals surface area contributed by atoms with Crippen molar-refractivity contribution in [1.82, 2.24) is 10.2 Å². The van der Waals surface area contributed by atoms with Crippen molar-refractivity contribution in [2.75, 3.05) is 39.2 Å². The van der Waals surface area contributed by atoms with Gasteiger partial charge in [-0.1, -0.05) is 12.1 Å². The van der Waals surface area contributed by atoms with Gasteiger partial charge >= 0.3 is 18.0 Å². The number of esters is 2. The number of aliphatic hydroxyl groups is 1. The van der Waals surface area contributed by atoms with Crippen LogP contribution in [-0.2, 0) is 14.3 Å². The number of hydrogen-bond acceptors (Lipinski definition) is 8. The first kappa shape index (κ1) is 26.5. The van der Waals surface area contributed by atoms with E-state index in [2.05, 4.69) is 15.4 Å². The number of urea groups is 1. The van der Waals surface area contributed by atoms with Crippen LogP contribution in [-0.4, -0.2) is 79.9 Å². The van der Waals surface area contributed by atoms with E-state index in [1.54, 1.807) is 36.4 Å². The molecule has 11 heteroatoms. The molecule has 0 aromatic heterocycles. The van der Waals surface area contributed by atoms with Crippen LogP contribution < -0.4 is 15.4 Å². The zero-order chi connectivity index (χ0) is 26.1. The van der Waals surface area contributed by atoms with E-state index in [-0.39, 0.29) is 18.7 Å². The van der Waals surface area contributed by atoms with Gasteiger partial charge < -0.3 is 34.9 Å². The minimum absolute atomic E-state index is 0.0689. The van der Waals surface area contributed by atoms with Crippen LogP contribution in [0.3, 0.4) is 0 Å². The maximum absolute atomic E-state index is 13.0. The van der Waals surface area contributed by atoms with E-state index in [9.17, 15) is 24.3 Å². The number of benzene rings is 2. The van der Waals surface area contributed by atoms with E-state index >= 15 is 0 Å². The van der Waals surface area contributed by atoms with E-state index in [1.165, 1.54) is 31.3 Å². The second-order valence-corrected chi connectivity index (χ2v) is 8.09. The zero-order valence-electron chi connectivity index (χ0n) is 20.1. The molecule has 2 unspecified atom stereocenters. The molecule has 0 saturated carbocycles. The Morgan fingerprint density at radius 2 is 1.75 bits per heavy atom. The SMILES string of the molecule is COC(=O)COc1ccc(C(=O)NC2CN(C(=O)Nc3ccccc3C(=O)OC)CCCC2O)cc1. The Morgan fingerprint density at radius 3 is 2.44 bits per heavy atom. The summed E-state index contributed by atoms with van der Waals surface area (Å²) in [5, 5.41) is 16.1. The highest BCUT2D eigenvalue weighted by Crippen LogP contribution is 2.19. The molecule has 2 aromatic rings. The molecule has 1 fully saturated rings. The van der Waals surface area contributed by atoms with Crippen molar-refractivity contribution < 1.29 is 38.5 Å². The number of para-hydroxylation sites is 1. The molecule has 1 heterocycles. The first-order valence-corrected chi connectivity index (χ1v) is 11.3. The molecule has 0 aliphatic carbocycles. The standard InChI is InChI=1S/C25H29N3O8/c1-34-22(30)15-36-17-11-9-16(10-12-17)23(31)26-20-14-28(13-5-8-21(20)29)25(33)27-19-7-4-3-6-18(19)24(32)35-2/h3-4,6-7,9-12,20-21,29H,5,8,13-15H2,1-2H3,(H,26,31)(H,27,33). The van der Waals surface area contributed by atoms with E-state index in [0.29, 0.717) is 36.4 Å². The number of aliphatic hydroxyl groups excluding tert-OH is 1. The fraction of sp³-hybridized carbons (Fsp3) is 0.360. The summed E-state index contributed by atoms with van der Waals surface area (Å²) in [4.78, 5) is 50.5. The summed E-state index contributed by atoms with van der Waals surface area (Å²) in [6, 6.07) is 11.4. The molecule has 3 N–H and O–H groups in total. The highest BCUT2D eigenvalue weighted by molar-refractivity contribution is 6.01. The lowest BCUT2D eigenvalue weighted by atomic mass is 10.1. The molecule has 0 spiro atoms. The van der Waals surface area contributed by atoms with Crippen molar-refractivity contribution in [3.05, 3.63) is 59.7 Å². The summed E-state index contributed by atoms with van der Waals surface area (Å²) in [6.45, 7) is 0.180. The molecule has 3 amide bonds. The lowest BCUT2D eigenvalue weighted by Crippen LogP contribution is -2.50. The topological polar surface area (TPSA) is 144 Å². The predicted octanol–water partition coefficient (Wildman–Crippen LogP) is 1.81. The van der Waals surface area contributed by atoms with Crippen molar-refractivity contribution in [2.24, 2.45) is 0 Å². The number of amides is 3. The van der Waals surface area contributed by atoms with Crippen LogP contribution in [0.5, 0.6) is 5.75 Å². The van der Waals surface area contributed by atoms with Gasteiger partial charge in [0.25, 0.3) is 5.91 Å². The number of rotatable bonds is 7. The normalized spacial score (nSPS) is 17.4. The van der Waals surface area contributed by atoms with Crippen LogP contribution >= 0.6 is 0 Å². The second-order valence-electron chi connectivity index (χ2n) is 8.09. The lowest BCUT2D eigenvalue weighted by molar-refractivity contribution is -0.142. The van der Waals surface area contributed by atoms with Crippen LogP contribution in [0.1, 0.15) is 33.6 Å². The molecule has 2 atom stereocenters. The van der Waals surface area contributed by atoms with Crippen molar-refractivity contribution in [2.45, 2.75) is 25.0 Å². The Labute approximate surface area is 208 Å². The molecule has 192 valence electrons. The number of likely N-dealkylation sites (tertiary alicyclic amines) is 1. The molecule has 1 aliphatic rings. The maximum atomic E-state index is 13.0. The molecule has 0 radical (unpaired) electrons. The molecule has 36 heavy (non-hydrogen) atoms. The van der Waals surface area contributed by atoms with Crippen LogP contribution in [0.2, 0.25) is 0 Å². The van der Waals surface area contributed by atoms with Gasteiger partial charge in [-0.15, -0.1) is 0 Å². The van der Waals surface area contributed by atoms with Gasteiger partial charge in [-0.25, -0.2) is 14.4 Å². The van der Waals surface area contributed by atoms with E-state index in [1.807, 2.05) is 0 Å². The Bertz CT molecular complexity index is 1090. The van der Waals surface area contributed by atoms with Gasteiger partial charge in [0, 0.05) is 18.7 Å². The largest absolute Gasteiger partial charge is 0.482 e. The van der Waals surface area contributed by atoms with Crippen LogP contribution in [0.4, 0.5) is 10.5 Å². The number of ether oxygens (including phenoxy) is 3. The van der Waals surface area contributed by atoms with Crippen molar-refractivity contribution >= 4 is 29.6 Å². The maximum Gasteiger partial charge on any atom is 0.343 e. The molecule has 0 bridgehead atoms. The van der Waals surface area contributed by atoms with Gasteiger partial charge in [-0.2, -0.15) is 0 Å². The summed E-state index contributed by atoms with van der Waals surface area (Å²) < 4.78 is 14.5. The van der Waals surface area contributed by atoms with Gasteiger partial charge in [0.15, 0.2) is 6.61 Å². The molecule has 2 aromatic carbocycles. The molecule has 1 aliphatic heterocycles. The van der Waals surface area contributed by atoms with Crippen LogP contribution in [0.15, 0.2) is 48.5 Å². The first-order valence-electron chi connectivity index (χ1n) is 11.3. The Kier molecular flexibility index (Phi) is 9.23. The monoisotopic (exact) mass is 499 g/mol. The Balaban J connectivity index is 1.64. The summed E-state index contributed by atoms with van der Waals surface area (Å²) in [7, 11) is 2.51. The first-order chi connectivity index (χ1) is 17.3. The van der Waals surface area contributed by atoms with Gasteiger partial charge in [0.2, 0.25) is 0 Å². The minimum Gasteiger partial charge on any atom is -0.482 e. The summed E-state index contributed by atoms with van der Waals surface area (Å²) in [5.74, 6) is -1.15. The van der Waals surface area contributed by atoms with Crippen molar-refractivity contribution in [3.63, 3.8) is 0 Å². The summed E-state index contributed by atoms with van der Waals surface area (Å²) in [5.41, 5.74) is 0.834. The van der Waals surface area contributed by atoms with Crippen molar-refractivity contribution in [3.8, 4) is 5.75 Å². The number of anilines is 1. The van der Waals surface area contributed by atoms with E-state index in [4.69, 9.17) is 9.47 Å². The lowest BCUT2D eigenvalue weighted by Gasteiger charge is -2.27. The molecule has 11 nitrogen and oxygen atoms in total. The third kappa shape index (κ3) is 6.95. The predicted molar refractivity (Wildman–Crippen MR) is 129 cm³/mol. The average Bonchev–Trinajstić information content (AvgIpc) is 3.08. The third-order valence-corrected chi connectivity index (χ3v) is 5.69. The van der Waals surface area contributed by atoms with Gasteiger partial charge in [0.05, 0.1) is 37.6 Å². The number of nitrogens with one attached hydrogen (secondary N) is 2. The zero-order valence-corrected chi connectivity index (χ0v) is 20.1. The number of nitrogens with zero attached hydrogens (tertiary/aromatic N) is 1. The van der Waals surface area contributed by atoms with Gasteiger partial charge in [0.1, 0.15) is 5.75 Å². The van der Waals surface area contributed by atoms with Crippen LogP contribution in [0.25, 0.3) is 0 Å². The molecule has 1 saturated heterocycles. The number of carbonyl (C=O) groups excluding carboxylic acids is 4. The molecular formula is C25H29N3O8. The minimum atomic E-state index is -0.850. The van der Waals surface area contributed by atoms with E-state index < -0.39 is 36.0 Å². The second kappa shape index (κ2) is 12.5. The molecule has 3 rings (SSSR count). The highest BCUT2D eigenvalue weighted by Gasteiger charge is 2.30. The Morgan fingerprint density at radius 1 is 1.03 bits per heavy atom. The van der Waals surface area contributed by atoms with E-state index in [0.717, 1.165) is 0 Å². The number of hydrogen-bond donors (Lipinski definition) is 3. The van der Waals surface area contributed by atoms with Gasteiger partial charge in [-0.3, -0.25) is 4.79 Å². The smallest absolute Gasteiger partial charge is 0.343 e. The summed E-state index contributed by atoms with van der Waals surface area (Å²) >= 11 is 0. The number of carbonyl (C=O) groups is 4. The number of methoxy groups -OCH3 is 2. The van der Waals surface area contributed by atoms with Crippen molar-refractivity contribution in [1.29, 1.82) is 0 Å².